The van der Waals surface area contributed by atoms with E-state index in [0.29, 0.717) is 38.5 Å². The molecule has 4 unspecified atom stereocenters. The van der Waals surface area contributed by atoms with Crippen LogP contribution in [0.3, 0.4) is 0 Å². The van der Waals surface area contributed by atoms with Gasteiger partial charge in [-0.1, -0.05) is 18.2 Å². The first-order valence-corrected chi connectivity index (χ1v) is 11.3. The van der Waals surface area contributed by atoms with Crippen molar-refractivity contribution >= 4 is 17.6 Å². The van der Waals surface area contributed by atoms with E-state index in [9.17, 15) is 9.59 Å². The number of para-hydroxylation sites is 1. The Kier molecular flexibility index (Phi) is 5.83. The first-order chi connectivity index (χ1) is 15.4. The van der Waals surface area contributed by atoms with Crippen molar-refractivity contribution in [2.24, 2.45) is 0 Å². The third kappa shape index (κ3) is 5.23. The number of urea groups is 1. The highest BCUT2D eigenvalue weighted by atomic mass is 16.6. The number of hydrogen-bond acceptors (Lipinski definition) is 7. The van der Waals surface area contributed by atoms with Crippen LogP contribution in [-0.4, -0.2) is 104 Å². The molecule has 0 bridgehead atoms. The molecule has 0 spiro atoms. The molecule has 0 aromatic heterocycles. The molecule has 9 nitrogen and oxygen atoms in total. The number of imide groups is 1. The summed E-state index contributed by atoms with van der Waals surface area (Å²) in [6.07, 6.45) is 1.01. The Balaban J connectivity index is 0.000000136. The summed E-state index contributed by atoms with van der Waals surface area (Å²) < 4.78 is 20.8. The Morgan fingerprint density at radius 2 is 1.34 bits per heavy atom. The van der Waals surface area contributed by atoms with Gasteiger partial charge in [0.1, 0.15) is 5.54 Å². The molecule has 0 aliphatic carbocycles. The highest BCUT2D eigenvalue weighted by Gasteiger charge is 2.53. The molecule has 4 atom stereocenters. The number of rotatable bonds is 9. The van der Waals surface area contributed by atoms with E-state index in [1.165, 1.54) is 10.6 Å². The number of epoxide rings is 4. The standard InChI is InChI=1S/C12H15NO2.C11H16N2O4/c1-2-4-10(5-3-1)13(6-11-8-14-11)7-12-9-15-12;1-11(2)9(14)12(3-7-5-16-7)10(15)13(11)4-8-6-17-8/h1-5,11-12H,6-9H2;7-8H,3-6H2,1-2H3. The summed E-state index contributed by atoms with van der Waals surface area (Å²) in [5, 5.41) is 0. The van der Waals surface area contributed by atoms with E-state index >= 15 is 0 Å². The molecular weight excluding hydrogens is 414 g/mol. The van der Waals surface area contributed by atoms with E-state index in [-0.39, 0.29) is 24.1 Å². The third-order valence-corrected chi connectivity index (χ3v) is 6.26. The Morgan fingerprint density at radius 1 is 0.844 bits per heavy atom. The lowest BCUT2D eigenvalue weighted by molar-refractivity contribution is -0.132. The quantitative estimate of drug-likeness (QED) is 0.415. The average Bonchev–Trinajstić information content (AvgIpc) is 3.64. The second kappa shape index (κ2) is 8.62. The van der Waals surface area contributed by atoms with E-state index < -0.39 is 5.54 Å². The van der Waals surface area contributed by atoms with E-state index in [1.54, 1.807) is 18.7 Å². The summed E-state index contributed by atoms with van der Waals surface area (Å²) in [5.41, 5.74) is 0.501. The zero-order valence-corrected chi connectivity index (χ0v) is 18.6. The van der Waals surface area contributed by atoms with Gasteiger partial charge in [0, 0.05) is 18.8 Å². The average molecular weight is 446 g/mol. The van der Waals surface area contributed by atoms with Crippen LogP contribution in [0.4, 0.5) is 10.5 Å². The van der Waals surface area contributed by atoms with Crippen molar-refractivity contribution in [3.8, 4) is 0 Å². The molecule has 0 radical (unpaired) electrons. The molecule has 1 aromatic rings. The topological polar surface area (TPSA) is 94.0 Å². The molecule has 5 aliphatic rings. The molecule has 3 amide bonds. The minimum absolute atomic E-state index is 0.0378. The van der Waals surface area contributed by atoms with E-state index in [0.717, 1.165) is 26.3 Å². The summed E-state index contributed by atoms with van der Waals surface area (Å²) in [7, 11) is 0. The molecule has 9 heteroatoms. The fraction of sp³-hybridized carbons (Fsp3) is 0.652. The molecule has 0 N–H and O–H groups in total. The minimum Gasteiger partial charge on any atom is -0.371 e. The molecule has 5 heterocycles. The third-order valence-electron chi connectivity index (χ3n) is 6.26. The SMILES string of the molecule is CC1(C)C(=O)N(CC2CO2)C(=O)N1CC1CO1.c1ccc(N(CC2CO2)CC2CO2)cc1. The molecule has 32 heavy (non-hydrogen) atoms. The van der Waals surface area contributed by atoms with Crippen LogP contribution >= 0.6 is 0 Å². The molecular formula is C23H31N3O6. The summed E-state index contributed by atoms with van der Waals surface area (Å²) in [4.78, 5) is 29.6. The van der Waals surface area contributed by atoms with Gasteiger partial charge in [0.05, 0.1) is 63.9 Å². The number of benzene rings is 1. The van der Waals surface area contributed by atoms with Crippen LogP contribution < -0.4 is 4.90 Å². The van der Waals surface area contributed by atoms with Crippen LogP contribution in [0.15, 0.2) is 30.3 Å². The van der Waals surface area contributed by atoms with Crippen LogP contribution in [-0.2, 0) is 23.7 Å². The Morgan fingerprint density at radius 3 is 1.84 bits per heavy atom. The smallest absolute Gasteiger partial charge is 0.327 e. The lowest BCUT2D eigenvalue weighted by Gasteiger charge is -2.26. The van der Waals surface area contributed by atoms with Gasteiger partial charge >= 0.3 is 6.03 Å². The Bertz CT molecular complexity index is 819. The van der Waals surface area contributed by atoms with E-state index in [2.05, 4.69) is 29.2 Å². The maximum atomic E-state index is 12.2. The van der Waals surface area contributed by atoms with Crippen molar-refractivity contribution < 1.29 is 28.5 Å². The fourth-order valence-corrected chi connectivity index (χ4v) is 3.90. The molecule has 5 fully saturated rings. The monoisotopic (exact) mass is 445 g/mol. The Hall–Kier alpha value is -2.20. The number of amides is 3. The van der Waals surface area contributed by atoms with E-state index in [1.807, 2.05) is 6.07 Å². The molecule has 5 aliphatic heterocycles. The highest BCUT2D eigenvalue weighted by Crippen LogP contribution is 2.31. The number of carbonyl (C=O) groups is 2. The molecule has 1 aromatic carbocycles. The fourth-order valence-electron chi connectivity index (χ4n) is 3.90. The largest absolute Gasteiger partial charge is 0.371 e. The van der Waals surface area contributed by atoms with Crippen LogP contribution in [0, 0.1) is 0 Å². The van der Waals surface area contributed by atoms with Crippen LogP contribution in [0.25, 0.3) is 0 Å². The molecule has 174 valence electrons. The predicted octanol–water partition coefficient (Wildman–Crippen LogP) is 1.12. The van der Waals surface area contributed by atoms with E-state index in [4.69, 9.17) is 18.9 Å². The zero-order chi connectivity index (χ0) is 22.3. The van der Waals surface area contributed by atoms with Crippen molar-refractivity contribution in [1.29, 1.82) is 0 Å². The van der Waals surface area contributed by atoms with Crippen molar-refractivity contribution in [1.82, 2.24) is 9.80 Å². The van der Waals surface area contributed by atoms with Gasteiger partial charge in [-0.3, -0.25) is 9.69 Å². The Labute approximate surface area is 188 Å². The van der Waals surface area contributed by atoms with Crippen molar-refractivity contribution in [2.75, 3.05) is 57.5 Å². The summed E-state index contributed by atoms with van der Waals surface area (Å²) >= 11 is 0. The number of anilines is 1. The van der Waals surface area contributed by atoms with Gasteiger partial charge in [0.15, 0.2) is 0 Å². The lowest BCUT2D eigenvalue weighted by Crippen LogP contribution is -2.45. The lowest BCUT2D eigenvalue weighted by atomic mass is 10.0. The van der Waals surface area contributed by atoms with Crippen molar-refractivity contribution in [2.45, 2.75) is 43.8 Å². The number of hydrogen-bond donors (Lipinski definition) is 0. The molecule has 0 saturated carbocycles. The zero-order valence-electron chi connectivity index (χ0n) is 18.6. The maximum absolute atomic E-state index is 12.2. The van der Waals surface area contributed by atoms with Gasteiger partial charge in [-0.25, -0.2) is 4.79 Å². The highest BCUT2D eigenvalue weighted by molar-refractivity contribution is 6.06. The minimum atomic E-state index is -0.766. The van der Waals surface area contributed by atoms with Crippen LogP contribution in [0.2, 0.25) is 0 Å². The number of ether oxygens (including phenoxy) is 4. The van der Waals surface area contributed by atoms with Crippen molar-refractivity contribution in [3.63, 3.8) is 0 Å². The molecule has 6 rings (SSSR count). The predicted molar refractivity (Wildman–Crippen MR) is 116 cm³/mol. The van der Waals surface area contributed by atoms with Gasteiger partial charge in [-0.2, -0.15) is 0 Å². The van der Waals surface area contributed by atoms with Gasteiger partial charge in [-0.15, -0.1) is 0 Å². The van der Waals surface area contributed by atoms with Gasteiger partial charge in [0.2, 0.25) is 0 Å². The van der Waals surface area contributed by atoms with Gasteiger partial charge < -0.3 is 28.7 Å². The number of carbonyl (C=O) groups excluding carboxylic acids is 2. The first-order valence-electron chi connectivity index (χ1n) is 11.3. The normalized spacial score (nSPS) is 31.2. The maximum Gasteiger partial charge on any atom is 0.327 e. The first kappa shape index (κ1) is 21.6. The number of nitrogens with zero attached hydrogens (tertiary/aromatic N) is 3. The van der Waals surface area contributed by atoms with Crippen LogP contribution in [0.1, 0.15) is 13.8 Å². The second-order valence-corrected chi connectivity index (χ2v) is 9.43. The van der Waals surface area contributed by atoms with Crippen LogP contribution in [0.5, 0.6) is 0 Å². The van der Waals surface area contributed by atoms with Gasteiger partial charge in [0.25, 0.3) is 5.91 Å². The summed E-state index contributed by atoms with van der Waals surface area (Å²) in [6.45, 7) is 9.57. The summed E-state index contributed by atoms with van der Waals surface area (Å²) in [5.74, 6) is -0.140. The second-order valence-electron chi connectivity index (χ2n) is 9.43. The summed E-state index contributed by atoms with van der Waals surface area (Å²) in [6, 6.07) is 10.3. The van der Waals surface area contributed by atoms with Gasteiger partial charge in [-0.05, 0) is 26.0 Å². The molecule has 5 saturated heterocycles. The van der Waals surface area contributed by atoms with Crippen molar-refractivity contribution in [3.05, 3.63) is 30.3 Å².